The fraction of sp³-hybridized carbons (Fsp3) is 0.833. The van der Waals surface area contributed by atoms with Gasteiger partial charge >= 0.3 is 0 Å². The van der Waals surface area contributed by atoms with Crippen molar-refractivity contribution in [3.05, 3.63) is 5.82 Å². The molecular weight excluding hydrogens is 314 g/mol. The SMILES string of the molecule is BrCCOC1CCN(c2nc(C3CC3)ns2)CC1. The van der Waals surface area contributed by atoms with Crippen LogP contribution in [0.5, 0.6) is 0 Å². The Kier molecular flexibility index (Phi) is 4.16. The molecule has 0 radical (unpaired) electrons. The van der Waals surface area contributed by atoms with Crippen molar-refractivity contribution in [3.8, 4) is 0 Å². The van der Waals surface area contributed by atoms with Crippen LogP contribution in [0.1, 0.15) is 37.4 Å². The summed E-state index contributed by atoms with van der Waals surface area (Å²) < 4.78 is 10.2. The van der Waals surface area contributed by atoms with Crippen LogP contribution in [0.3, 0.4) is 0 Å². The molecule has 0 N–H and O–H groups in total. The van der Waals surface area contributed by atoms with E-state index in [9.17, 15) is 0 Å². The lowest BCUT2D eigenvalue weighted by atomic mass is 10.1. The zero-order valence-corrected chi connectivity index (χ0v) is 12.8. The molecule has 2 aliphatic rings. The number of anilines is 1. The zero-order valence-electron chi connectivity index (χ0n) is 10.3. The molecule has 1 aliphatic heterocycles. The molecule has 0 bridgehead atoms. The highest BCUT2D eigenvalue weighted by molar-refractivity contribution is 9.09. The molecule has 100 valence electrons. The van der Waals surface area contributed by atoms with E-state index in [-0.39, 0.29) is 0 Å². The summed E-state index contributed by atoms with van der Waals surface area (Å²) in [5, 5.41) is 2.03. The summed E-state index contributed by atoms with van der Waals surface area (Å²) in [6.45, 7) is 2.91. The topological polar surface area (TPSA) is 38.2 Å². The predicted octanol–water partition coefficient (Wildman–Crippen LogP) is 2.80. The molecule has 1 aliphatic carbocycles. The molecule has 3 rings (SSSR count). The largest absolute Gasteiger partial charge is 0.377 e. The van der Waals surface area contributed by atoms with E-state index in [2.05, 4.69) is 30.2 Å². The minimum atomic E-state index is 0.426. The highest BCUT2D eigenvalue weighted by Crippen LogP contribution is 2.39. The van der Waals surface area contributed by atoms with Crippen LogP contribution in [0.25, 0.3) is 0 Å². The number of piperidine rings is 1. The molecule has 0 unspecified atom stereocenters. The van der Waals surface area contributed by atoms with Gasteiger partial charge in [-0.3, -0.25) is 0 Å². The summed E-state index contributed by atoms with van der Waals surface area (Å²) in [5.41, 5.74) is 0. The second-order valence-corrected chi connectivity index (χ2v) is 6.48. The molecule has 1 saturated heterocycles. The minimum absolute atomic E-state index is 0.426. The van der Waals surface area contributed by atoms with E-state index < -0.39 is 0 Å². The lowest BCUT2D eigenvalue weighted by Crippen LogP contribution is -2.37. The number of halogens is 1. The van der Waals surface area contributed by atoms with Gasteiger partial charge in [0.25, 0.3) is 0 Å². The molecule has 1 aromatic heterocycles. The fourth-order valence-corrected chi connectivity index (χ4v) is 3.27. The number of hydrogen-bond acceptors (Lipinski definition) is 5. The summed E-state index contributed by atoms with van der Waals surface area (Å²) in [6, 6.07) is 0. The third-order valence-corrected chi connectivity index (χ3v) is 4.63. The Morgan fingerprint density at radius 3 is 2.72 bits per heavy atom. The number of hydrogen-bond donors (Lipinski definition) is 0. The minimum Gasteiger partial charge on any atom is -0.377 e. The smallest absolute Gasteiger partial charge is 0.205 e. The van der Waals surface area contributed by atoms with Crippen LogP contribution in [-0.2, 0) is 4.74 Å². The Morgan fingerprint density at radius 1 is 1.28 bits per heavy atom. The van der Waals surface area contributed by atoms with Gasteiger partial charge < -0.3 is 9.64 Å². The van der Waals surface area contributed by atoms with E-state index in [4.69, 9.17) is 4.74 Å². The molecule has 6 heteroatoms. The molecule has 0 amide bonds. The van der Waals surface area contributed by atoms with Gasteiger partial charge in [0.15, 0.2) is 0 Å². The highest BCUT2D eigenvalue weighted by atomic mass is 79.9. The monoisotopic (exact) mass is 331 g/mol. The van der Waals surface area contributed by atoms with Gasteiger partial charge in [-0.15, -0.1) is 0 Å². The van der Waals surface area contributed by atoms with Crippen molar-refractivity contribution < 1.29 is 4.74 Å². The van der Waals surface area contributed by atoms with Gasteiger partial charge in [-0.25, -0.2) is 4.98 Å². The van der Waals surface area contributed by atoms with Gasteiger partial charge in [0, 0.05) is 35.9 Å². The van der Waals surface area contributed by atoms with Gasteiger partial charge in [-0.1, -0.05) is 15.9 Å². The average Bonchev–Trinajstić information content (AvgIpc) is 3.15. The van der Waals surface area contributed by atoms with Crippen molar-refractivity contribution in [1.29, 1.82) is 0 Å². The molecule has 1 saturated carbocycles. The van der Waals surface area contributed by atoms with Crippen LogP contribution in [0.4, 0.5) is 5.13 Å². The molecule has 18 heavy (non-hydrogen) atoms. The van der Waals surface area contributed by atoms with Gasteiger partial charge in [0.1, 0.15) is 5.82 Å². The van der Waals surface area contributed by atoms with Crippen LogP contribution >= 0.6 is 27.5 Å². The van der Waals surface area contributed by atoms with Crippen molar-refractivity contribution in [2.45, 2.75) is 37.7 Å². The van der Waals surface area contributed by atoms with Gasteiger partial charge in [-0.05, 0) is 25.7 Å². The maximum Gasteiger partial charge on any atom is 0.205 e. The first-order valence-corrected chi connectivity index (χ1v) is 8.52. The summed E-state index contributed by atoms with van der Waals surface area (Å²) in [5.74, 6) is 1.74. The van der Waals surface area contributed by atoms with E-state index in [0.717, 1.165) is 48.8 Å². The summed E-state index contributed by atoms with van der Waals surface area (Å²) in [4.78, 5) is 7.03. The number of nitrogens with zero attached hydrogens (tertiary/aromatic N) is 3. The number of rotatable bonds is 5. The molecule has 2 heterocycles. The first kappa shape index (κ1) is 12.8. The second kappa shape index (κ2) is 5.84. The van der Waals surface area contributed by atoms with Crippen LogP contribution in [-0.4, -0.2) is 40.5 Å². The number of alkyl halides is 1. The maximum absolute atomic E-state index is 5.76. The number of aromatic nitrogens is 2. The van der Waals surface area contributed by atoms with E-state index in [1.807, 2.05) is 0 Å². The molecule has 0 aromatic carbocycles. The standard InChI is InChI=1S/C12H18BrN3OS/c13-5-8-17-10-3-6-16(7-4-10)12-14-11(15-18-12)9-1-2-9/h9-10H,1-8H2. The predicted molar refractivity (Wildman–Crippen MR) is 76.9 cm³/mol. The van der Waals surface area contributed by atoms with Gasteiger partial charge in [0.2, 0.25) is 5.13 Å². The van der Waals surface area contributed by atoms with Crippen molar-refractivity contribution in [2.24, 2.45) is 0 Å². The fourth-order valence-electron chi connectivity index (χ4n) is 2.29. The van der Waals surface area contributed by atoms with Crippen LogP contribution in [0, 0.1) is 0 Å². The summed E-state index contributed by atoms with van der Waals surface area (Å²) in [7, 11) is 0. The van der Waals surface area contributed by atoms with Crippen LogP contribution in [0.15, 0.2) is 0 Å². The molecular formula is C12H18BrN3OS. The summed E-state index contributed by atoms with van der Waals surface area (Å²) >= 11 is 4.95. The first-order valence-electron chi connectivity index (χ1n) is 6.63. The maximum atomic E-state index is 5.76. The molecule has 1 aromatic rings. The lowest BCUT2D eigenvalue weighted by molar-refractivity contribution is 0.0481. The van der Waals surface area contributed by atoms with Gasteiger partial charge in [-0.2, -0.15) is 4.37 Å². The Bertz CT molecular complexity index is 388. The van der Waals surface area contributed by atoms with Crippen molar-refractivity contribution in [3.63, 3.8) is 0 Å². The van der Waals surface area contributed by atoms with E-state index in [0.29, 0.717) is 12.0 Å². The first-order chi connectivity index (χ1) is 8.86. The van der Waals surface area contributed by atoms with E-state index in [1.165, 1.54) is 12.8 Å². The number of ether oxygens (including phenoxy) is 1. The van der Waals surface area contributed by atoms with Gasteiger partial charge in [0.05, 0.1) is 12.7 Å². The van der Waals surface area contributed by atoms with Crippen molar-refractivity contribution in [1.82, 2.24) is 9.36 Å². The summed E-state index contributed by atoms with van der Waals surface area (Å²) in [6.07, 6.45) is 5.18. The quantitative estimate of drug-likeness (QED) is 0.777. The van der Waals surface area contributed by atoms with Crippen molar-refractivity contribution >= 4 is 32.6 Å². The Morgan fingerprint density at radius 2 is 2.06 bits per heavy atom. The zero-order chi connectivity index (χ0) is 12.4. The highest BCUT2D eigenvalue weighted by Gasteiger charge is 2.29. The Balaban J connectivity index is 1.51. The van der Waals surface area contributed by atoms with E-state index >= 15 is 0 Å². The second-order valence-electron chi connectivity index (χ2n) is 4.96. The third-order valence-electron chi connectivity index (χ3n) is 3.52. The molecule has 4 nitrogen and oxygen atoms in total. The van der Waals surface area contributed by atoms with E-state index in [1.54, 1.807) is 11.5 Å². The van der Waals surface area contributed by atoms with Crippen LogP contribution < -0.4 is 4.90 Å². The third kappa shape index (κ3) is 3.03. The average molecular weight is 332 g/mol. The van der Waals surface area contributed by atoms with Crippen molar-refractivity contribution in [2.75, 3.05) is 29.9 Å². The Labute approximate surface area is 120 Å². The molecule has 0 atom stereocenters. The lowest BCUT2D eigenvalue weighted by Gasteiger charge is -2.31. The Hall–Kier alpha value is -0.200. The molecule has 0 spiro atoms. The van der Waals surface area contributed by atoms with Crippen LogP contribution in [0.2, 0.25) is 0 Å². The normalized spacial score (nSPS) is 21.5. The molecule has 2 fully saturated rings.